The van der Waals surface area contributed by atoms with E-state index >= 15 is 0 Å². The maximum Gasteiger partial charge on any atom is 0.303 e. The summed E-state index contributed by atoms with van der Waals surface area (Å²) >= 11 is 0. The van der Waals surface area contributed by atoms with Crippen molar-refractivity contribution in [2.45, 2.75) is 19.3 Å². The van der Waals surface area contributed by atoms with Crippen LogP contribution in [-0.4, -0.2) is 45.0 Å². The van der Waals surface area contributed by atoms with Gasteiger partial charge in [0.2, 0.25) is 10.0 Å². The van der Waals surface area contributed by atoms with E-state index in [-0.39, 0.29) is 24.6 Å². The lowest BCUT2D eigenvalue weighted by Crippen LogP contribution is -2.31. The molecule has 0 aromatic heterocycles. The third-order valence-corrected chi connectivity index (χ3v) is 3.92. The molecule has 1 aliphatic heterocycles. The highest BCUT2D eigenvalue weighted by Gasteiger charge is 2.22. The Morgan fingerprint density at radius 2 is 2.25 bits per heavy atom. The number of carboxylic acid groups (broad SMARTS) is 1. The first kappa shape index (κ1) is 13.4. The van der Waals surface area contributed by atoms with E-state index in [0.29, 0.717) is 19.6 Å². The Bertz CT molecular complexity index is 321. The maximum atomic E-state index is 11.5. The van der Waals surface area contributed by atoms with Crippen molar-refractivity contribution in [1.29, 1.82) is 0 Å². The van der Waals surface area contributed by atoms with Gasteiger partial charge in [-0.3, -0.25) is 4.79 Å². The van der Waals surface area contributed by atoms with Crippen LogP contribution in [-0.2, 0) is 19.6 Å². The lowest BCUT2D eigenvalue weighted by Gasteiger charge is -2.09. The summed E-state index contributed by atoms with van der Waals surface area (Å²) in [5.74, 6) is -0.777. The van der Waals surface area contributed by atoms with Gasteiger partial charge in [0.15, 0.2) is 0 Å². The van der Waals surface area contributed by atoms with Crippen LogP contribution in [0, 0.1) is 5.92 Å². The number of carbonyl (C=O) groups is 1. The standard InChI is InChI=1S/C9H17NO5S/c11-9(12)2-1-4-10-16(13,14)7-8-3-5-15-6-8/h8,10H,1-7H2,(H,11,12). The van der Waals surface area contributed by atoms with Crippen LogP contribution in [0.1, 0.15) is 19.3 Å². The fraction of sp³-hybridized carbons (Fsp3) is 0.889. The molecule has 0 amide bonds. The Morgan fingerprint density at radius 1 is 1.50 bits per heavy atom. The molecule has 7 heteroatoms. The van der Waals surface area contributed by atoms with Gasteiger partial charge in [-0.2, -0.15) is 0 Å². The Morgan fingerprint density at radius 3 is 2.81 bits per heavy atom. The molecule has 1 unspecified atom stereocenters. The summed E-state index contributed by atoms with van der Waals surface area (Å²) in [6.45, 7) is 1.30. The van der Waals surface area contributed by atoms with Crippen LogP contribution >= 0.6 is 0 Å². The lowest BCUT2D eigenvalue weighted by atomic mass is 10.2. The molecule has 2 N–H and O–H groups in total. The second-order valence-corrected chi connectivity index (χ2v) is 5.75. The monoisotopic (exact) mass is 251 g/mol. The van der Waals surface area contributed by atoms with Crippen LogP contribution in [0.2, 0.25) is 0 Å². The van der Waals surface area contributed by atoms with Crippen molar-refractivity contribution in [3.05, 3.63) is 0 Å². The van der Waals surface area contributed by atoms with Crippen LogP contribution in [0.15, 0.2) is 0 Å². The summed E-state index contributed by atoms with van der Waals surface area (Å²) in [5.41, 5.74) is 0. The van der Waals surface area contributed by atoms with Crippen LogP contribution in [0.25, 0.3) is 0 Å². The van der Waals surface area contributed by atoms with E-state index in [1.165, 1.54) is 0 Å². The first-order valence-corrected chi connectivity index (χ1v) is 6.92. The Balaban J connectivity index is 2.20. The normalized spacial score (nSPS) is 21.1. The highest BCUT2D eigenvalue weighted by Crippen LogP contribution is 2.13. The van der Waals surface area contributed by atoms with Crippen molar-refractivity contribution >= 4 is 16.0 Å². The SMILES string of the molecule is O=C(O)CCCNS(=O)(=O)CC1CCOC1. The van der Waals surface area contributed by atoms with E-state index in [1.54, 1.807) is 0 Å². The molecule has 0 bridgehead atoms. The molecule has 0 saturated carbocycles. The summed E-state index contributed by atoms with van der Waals surface area (Å²) < 4.78 is 30.5. The highest BCUT2D eigenvalue weighted by molar-refractivity contribution is 7.89. The van der Waals surface area contributed by atoms with Crippen molar-refractivity contribution in [2.75, 3.05) is 25.5 Å². The number of hydrogen-bond acceptors (Lipinski definition) is 4. The predicted molar refractivity (Wildman–Crippen MR) is 57.6 cm³/mol. The van der Waals surface area contributed by atoms with E-state index < -0.39 is 16.0 Å². The van der Waals surface area contributed by atoms with Gasteiger partial charge >= 0.3 is 5.97 Å². The van der Waals surface area contributed by atoms with Crippen LogP contribution < -0.4 is 4.72 Å². The second kappa shape index (κ2) is 6.17. The zero-order valence-electron chi connectivity index (χ0n) is 9.02. The Kier molecular flexibility index (Phi) is 5.17. The average molecular weight is 251 g/mol. The minimum absolute atomic E-state index is 0.0188. The van der Waals surface area contributed by atoms with Gasteiger partial charge in [-0.15, -0.1) is 0 Å². The fourth-order valence-electron chi connectivity index (χ4n) is 1.55. The molecule has 0 aromatic rings. The molecule has 1 atom stereocenters. The van der Waals surface area contributed by atoms with Crippen molar-refractivity contribution in [3.8, 4) is 0 Å². The summed E-state index contributed by atoms with van der Waals surface area (Å²) in [4.78, 5) is 10.2. The van der Waals surface area contributed by atoms with Gasteiger partial charge in [-0.1, -0.05) is 0 Å². The largest absolute Gasteiger partial charge is 0.481 e. The molecular weight excluding hydrogens is 234 g/mol. The molecule has 1 saturated heterocycles. The molecule has 1 fully saturated rings. The summed E-state index contributed by atoms with van der Waals surface area (Å²) in [6.07, 6.45) is 1.07. The molecule has 1 aliphatic rings. The number of aliphatic carboxylic acids is 1. The van der Waals surface area contributed by atoms with Gasteiger partial charge in [0, 0.05) is 19.6 Å². The van der Waals surface area contributed by atoms with Crippen LogP contribution in [0.3, 0.4) is 0 Å². The summed E-state index contributed by atoms with van der Waals surface area (Å²) in [6, 6.07) is 0. The zero-order valence-corrected chi connectivity index (χ0v) is 9.83. The summed E-state index contributed by atoms with van der Waals surface area (Å²) in [5, 5.41) is 8.38. The smallest absolute Gasteiger partial charge is 0.303 e. The molecule has 0 aliphatic carbocycles. The molecular formula is C9H17NO5S. The second-order valence-electron chi connectivity index (χ2n) is 3.90. The first-order chi connectivity index (χ1) is 7.49. The van der Waals surface area contributed by atoms with Gasteiger partial charge < -0.3 is 9.84 Å². The van der Waals surface area contributed by atoms with Gasteiger partial charge in [0.25, 0.3) is 0 Å². The topological polar surface area (TPSA) is 92.7 Å². The maximum absolute atomic E-state index is 11.5. The van der Waals surface area contributed by atoms with Crippen LogP contribution in [0.5, 0.6) is 0 Å². The van der Waals surface area contributed by atoms with Gasteiger partial charge in [0.1, 0.15) is 0 Å². The van der Waals surface area contributed by atoms with Crippen molar-refractivity contribution in [2.24, 2.45) is 5.92 Å². The van der Waals surface area contributed by atoms with Gasteiger partial charge in [0.05, 0.1) is 12.4 Å². The average Bonchev–Trinajstić information content (AvgIpc) is 2.64. The van der Waals surface area contributed by atoms with Crippen molar-refractivity contribution in [3.63, 3.8) is 0 Å². The zero-order chi connectivity index (χ0) is 12.0. The molecule has 94 valence electrons. The molecule has 6 nitrogen and oxygen atoms in total. The number of rotatable bonds is 7. The number of carboxylic acids is 1. The summed E-state index contributed by atoms with van der Waals surface area (Å²) in [7, 11) is -3.29. The predicted octanol–water partition coefficient (Wildman–Crippen LogP) is -0.193. The van der Waals surface area contributed by atoms with Crippen LogP contribution in [0.4, 0.5) is 0 Å². The number of nitrogens with one attached hydrogen (secondary N) is 1. The quantitative estimate of drug-likeness (QED) is 0.612. The molecule has 1 rings (SSSR count). The third kappa shape index (κ3) is 5.43. The van der Waals surface area contributed by atoms with Gasteiger partial charge in [-0.25, -0.2) is 13.1 Å². The lowest BCUT2D eigenvalue weighted by molar-refractivity contribution is -0.137. The highest BCUT2D eigenvalue weighted by atomic mass is 32.2. The Labute approximate surface area is 95.0 Å². The van der Waals surface area contributed by atoms with Crippen molar-refractivity contribution < 1.29 is 23.1 Å². The number of ether oxygens (including phenoxy) is 1. The third-order valence-electron chi connectivity index (χ3n) is 2.37. The number of sulfonamides is 1. The number of hydrogen-bond donors (Lipinski definition) is 2. The van der Waals surface area contributed by atoms with Crippen molar-refractivity contribution in [1.82, 2.24) is 4.72 Å². The fourth-order valence-corrected chi connectivity index (χ4v) is 3.01. The van der Waals surface area contributed by atoms with Gasteiger partial charge in [-0.05, 0) is 18.8 Å². The van der Waals surface area contributed by atoms with E-state index in [9.17, 15) is 13.2 Å². The Hall–Kier alpha value is -0.660. The van der Waals surface area contributed by atoms with E-state index in [4.69, 9.17) is 9.84 Å². The molecule has 1 heterocycles. The molecule has 0 spiro atoms. The van der Waals surface area contributed by atoms with E-state index in [1.807, 2.05) is 0 Å². The molecule has 16 heavy (non-hydrogen) atoms. The van der Waals surface area contributed by atoms with E-state index in [0.717, 1.165) is 6.42 Å². The molecule has 0 aromatic carbocycles. The minimum atomic E-state index is -3.29. The van der Waals surface area contributed by atoms with E-state index in [2.05, 4.69) is 4.72 Å². The first-order valence-electron chi connectivity index (χ1n) is 5.26. The minimum Gasteiger partial charge on any atom is -0.481 e. The molecule has 0 radical (unpaired) electrons.